The van der Waals surface area contributed by atoms with Crippen LogP contribution in [0.5, 0.6) is 0 Å². The van der Waals surface area contributed by atoms with Gasteiger partial charge >= 0.3 is 0 Å². The maximum atomic E-state index is 12.6. The predicted molar refractivity (Wildman–Crippen MR) is 123 cm³/mol. The molecule has 0 aliphatic carbocycles. The molecular weight excluding hydrogens is 408 g/mol. The summed E-state index contributed by atoms with van der Waals surface area (Å²) in [7, 11) is -3.40. The molecule has 1 atom stereocenters. The van der Waals surface area contributed by atoms with Gasteiger partial charge in [-0.05, 0) is 60.2 Å². The summed E-state index contributed by atoms with van der Waals surface area (Å²) in [5, 5.41) is 5.39. The maximum absolute atomic E-state index is 12.6. The van der Waals surface area contributed by atoms with Crippen LogP contribution in [0, 0.1) is 0 Å². The van der Waals surface area contributed by atoms with Crippen LogP contribution in [0.4, 0.5) is 0 Å². The first kappa shape index (κ1) is 21.5. The van der Waals surface area contributed by atoms with E-state index in [0.717, 1.165) is 34.7 Å². The Kier molecular flexibility index (Phi) is 6.39. The van der Waals surface area contributed by atoms with Gasteiger partial charge in [0.25, 0.3) is 0 Å². The molecule has 1 saturated heterocycles. The van der Waals surface area contributed by atoms with Crippen molar-refractivity contribution in [3.63, 3.8) is 0 Å². The molecule has 0 aromatic heterocycles. The lowest BCUT2D eigenvalue weighted by Crippen LogP contribution is -2.28. The molecule has 6 heteroatoms. The third kappa shape index (κ3) is 4.81. The van der Waals surface area contributed by atoms with E-state index in [-0.39, 0.29) is 11.9 Å². The van der Waals surface area contributed by atoms with E-state index in [2.05, 4.69) is 23.5 Å². The van der Waals surface area contributed by atoms with Gasteiger partial charge in [-0.3, -0.25) is 4.79 Å². The normalized spacial score (nSPS) is 15.8. The van der Waals surface area contributed by atoms with E-state index in [1.165, 1.54) is 0 Å². The zero-order valence-corrected chi connectivity index (χ0v) is 18.6. The standard InChI is InChI=1S/C25H28N2O3S/c1-19(23-10-6-8-21-7-2-3-9-24(21)23)26-25(28)16-13-20-11-14-22(15-12-20)31(29,30)27-17-4-5-18-27/h2-3,6-12,14-15,19H,4-5,13,16-18H2,1H3,(H,26,28)/t19-/m1/s1. The summed E-state index contributed by atoms with van der Waals surface area (Å²) in [6.07, 6.45) is 2.76. The number of rotatable bonds is 7. The van der Waals surface area contributed by atoms with Crippen molar-refractivity contribution >= 4 is 26.7 Å². The van der Waals surface area contributed by atoms with Gasteiger partial charge in [0.05, 0.1) is 10.9 Å². The minimum atomic E-state index is -3.40. The zero-order chi connectivity index (χ0) is 21.8. The molecule has 0 spiro atoms. The lowest BCUT2D eigenvalue weighted by Gasteiger charge is -2.17. The van der Waals surface area contributed by atoms with Crippen LogP contribution >= 0.6 is 0 Å². The largest absolute Gasteiger partial charge is 0.350 e. The van der Waals surface area contributed by atoms with Crippen molar-refractivity contribution in [2.45, 2.75) is 43.5 Å². The minimum Gasteiger partial charge on any atom is -0.350 e. The molecule has 0 radical (unpaired) electrons. The molecule has 3 aromatic carbocycles. The van der Waals surface area contributed by atoms with Crippen LogP contribution in [0.2, 0.25) is 0 Å². The number of carbonyl (C=O) groups excluding carboxylic acids is 1. The molecule has 0 unspecified atom stereocenters. The number of aryl methyl sites for hydroxylation is 1. The van der Waals surface area contributed by atoms with Crippen LogP contribution in [-0.4, -0.2) is 31.7 Å². The Bertz CT molecular complexity index is 1160. The number of hydrogen-bond acceptors (Lipinski definition) is 3. The van der Waals surface area contributed by atoms with Gasteiger partial charge in [-0.15, -0.1) is 0 Å². The molecule has 1 aliphatic heterocycles. The second-order valence-electron chi connectivity index (χ2n) is 8.11. The Labute approximate surface area is 184 Å². The first-order chi connectivity index (χ1) is 14.9. The molecule has 31 heavy (non-hydrogen) atoms. The van der Waals surface area contributed by atoms with Gasteiger partial charge in [0.1, 0.15) is 0 Å². The Morgan fingerprint density at radius 3 is 2.39 bits per heavy atom. The predicted octanol–water partition coefficient (Wildman–Crippen LogP) is 4.43. The Morgan fingerprint density at radius 1 is 0.968 bits per heavy atom. The summed E-state index contributed by atoms with van der Waals surface area (Å²) in [6.45, 7) is 3.19. The number of nitrogens with one attached hydrogen (secondary N) is 1. The summed E-state index contributed by atoms with van der Waals surface area (Å²) in [4.78, 5) is 12.8. The highest BCUT2D eigenvalue weighted by atomic mass is 32.2. The van der Waals surface area contributed by atoms with Gasteiger partial charge in [0, 0.05) is 19.5 Å². The fraction of sp³-hybridized carbons (Fsp3) is 0.320. The smallest absolute Gasteiger partial charge is 0.243 e. The number of fused-ring (bicyclic) bond motifs is 1. The molecule has 3 aromatic rings. The van der Waals surface area contributed by atoms with Crippen molar-refractivity contribution in [2.75, 3.05) is 13.1 Å². The number of sulfonamides is 1. The van der Waals surface area contributed by atoms with Gasteiger partial charge in [0.2, 0.25) is 15.9 Å². The highest BCUT2D eigenvalue weighted by Gasteiger charge is 2.26. The van der Waals surface area contributed by atoms with Crippen molar-refractivity contribution in [1.82, 2.24) is 9.62 Å². The first-order valence-corrected chi connectivity index (χ1v) is 12.3. The monoisotopic (exact) mass is 436 g/mol. The molecular formula is C25H28N2O3S. The molecule has 1 heterocycles. The fourth-order valence-corrected chi connectivity index (χ4v) is 5.70. The maximum Gasteiger partial charge on any atom is 0.243 e. The average molecular weight is 437 g/mol. The van der Waals surface area contributed by atoms with E-state index in [0.29, 0.717) is 30.8 Å². The van der Waals surface area contributed by atoms with Crippen molar-refractivity contribution in [1.29, 1.82) is 0 Å². The third-order valence-corrected chi connectivity index (χ3v) is 7.85. The lowest BCUT2D eigenvalue weighted by molar-refractivity contribution is -0.121. The number of benzene rings is 3. The van der Waals surface area contributed by atoms with E-state index < -0.39 is 10.0 Å². The van der Waals surface area contributed by atoms with Gasteiger partial charge in [-0.25, -0.2) is 8.42 Å². The average Bonchev–Trinajstić information content (AvgIpc) is 3.33. The molecule has 1 fully saturated rings. The van der Waals surface area contributed by atoms with Crippen LogP contribution in [0.3, 0.4) is 0 Å². The van der Waals surface area contributed by atoms with Crippen LogP contribution < -0.4 is 5.32 Å². The summed E-state index contributed by atoms with van der Waals surface area (Å²) < 4.78 is 26.8. The molecule has 4 rings (SSSR count). The second-order valence-corrected chi connectivity index (χ2v) is 10.1. The van der Waals surface area contributed by atoms with Crippen molar-refractivity contribution in [3.05, 3.63) is 77.9 Å². The number of nitrogens with zero attached hydrogens (tertiary/aromatic N) is 1. The van der Waals surface area contributed by atoms with Crippen LogP contribution in [0.25, 0.3) is 10.8 Å². The number of carbonyl (C=O) groups is 1. The van der Waals surface area contributed by atoms with Gasteiger partial charge in [-0.1, -0.05) is 54.6 Å². The fourth-order valence-electron chi connectivity index (χ4n) is 4.18. The van der Waals surface area contributed by atoms with E-state index in [1.54, 1.807) is 16.4 Å². The van der Waals surface area contributed by atoms with E-state index >= 15 is 0 Å². The summed E-state index contributed by atoms with van der Waals surface area (Å²) in [5.41, 5.74) is 2.05. The Balaban J connectivity index is 1.35. The summed E-state index contributed by atoms with van der Waals surface area (Å²) >= 11 is 0. The molecule has 1 N–H and O–H groups in total. The van der Waals surface area contributed by atoms with Gasteiger partial charge in [0.15, 0.2) is 0 Å². The highest BCUT2D eigenvalue weighted by molar-refractivity contribution is 7.89. The Morgan fingerprint density at radius 2 is 1.65 bits per heavy atom. The van der Waals surface area contributed by atoms with Crippen LogP contribution in [0.1, 0.15) is 43.4 Å². The van der Waals surface area contributed by atoms with E-state index in [4.69, 9.17) is 0 Å². The third-order valence-electron chi connectivity index (χ3n) is 5.93. The van der Waals surface area contributed by atoms with Crippen LogP contribution in [-0.2, 0) is 21.2 Å². The minimum absolute atomic E-state index is 0.0193. The molecule has 0 saturated carbocycles. The molecule has 0 bridgehead atoms. The van der Waals surface area contributed by atoms with Gasteiger partial charge < -0.3 is 5.32 Å². The topological polar surface area (TPSA) is 66.5 Å². The summed E-state index contributed by atoms with van der Waals surface area (Å²) in [6, 6.07) is 21.1. The number of hydrogen-bond donors (Lipinski definition) is 1. The zero-order valence-electron chi connectivity index (χ0n) is 17.8. The van der Waals surface area contributed by atoms with Crippen LogP contribution in [0.15, 0.2) is 71.6 Å². The highest BCUT2D eigenvalue weighted by Crippen LogP contribution is 2.24. The SMILES string of the molecule is C[C@@H](NC(=O)CCc1ccc(S(=O)(=O)N2CCCC2)cc1)c1cccc2ccccc12. The number of amides is 1. The van der Waals surface area contributed by atoms with E-state index in [1.807, 2.05) is 43.3 Å². The van der Waals surface area contributed by atoms with Crippen molar-refractivity contribution in [3.8, 4) is 0 Å². The Hall–Kier alpha value is -2.70. The van der Waals surface area contributed by atoms with Gasteiger partial charge in [-0.2, -0.15) is 4.31 Å². The quantitative estimate of drug-likeness (QED) is 0.596. The van der Waals surface area contributed by atoms with Crippen molar-refractivity contribution in [2.24, 2.45) is 0 Å². The molecule has 1 aliphatic rings. The van der Waals surface area contributed by atoms with Crippen molar-refractivity contribution < 1.29 is 13.2 Å². The molecule has 162 valence electrons. The first-order valence-electron chi connectivity index (χ1n) is 10.8. The lowest BCUT2D eigenvalue weighted by atomic mass is 9.99. The molecule has 1 amide bonds. The summed E-state index contributed by atoms with van der Waals surface area (Å²) in [5.74, 6) is -0.0193. The van der Waals surface area contributed by atoms with E-state index in [9.17, 15) is 13.2 Å². The molecule has 5 nitrogen and oxygen atoms in total. The second kappa shape index (κ2) is 9.20.